The van der Waals surface area contributed by atoms with Crippen LogP contribution in [-0.4, -0.2) is 70.1 Å². The summed E-state index contributed by atoms with van der Waals surface area (Å²) in [5, 5.41) is 11.8. The van der Waals surface area contributed by atoms with Gasteiger partial charge in [0.05, 0.1) is 32.1 Å². The van der Waals surface area contributed by atoms with Gasteiger partial charge in [-0.05, 0) is 18.4 Å². The van der Waals surface area contributed by atoms with E-state index < -0.39 is 6.09 Å². The van der Waals surface area contributed by atoms with Crippen molar-refractivity contribution >= 4 is 30.1 Å². The van der Waals surface area contributed by atoms with Gasteiger partial charge in [0.2, 0.25) is 11.8 Å². The second kappa shape index (κ2) is 23.5. The van der Waals surface area contributed by atoms with Crippen molar-refractivity contribution in [2.24, 2.45) is 0 Å². The molecular weight excluding hydrogens is 554 g/mol. The fraction of sp³-hybridized carbons (Fsp3) is 0.560. The Morgan fingerprint density at radius 2 is 1.62 bits per heavy atom. The van der Waals surface area contributed by atoms with Crippen LogP contribution < -0.4 is 74.1 Å². The van der Waals surface area contributed by atoms with Gasteiger partial charge in [-0.2, -0.15) is 0 Å². The number of benzene rings is 1. The van der Waals surface area contributed by atoms with Gasteiger partial charge in [-0.15, -0.1) is 6.54 Å². The van der Waals surface area contributed by atoms with E-state index >= 15 is 0 Å². The number of nitrogens with one attached hydrogen (secondary N) is 3. The Hall–Kier alpha value is -1.66. The van der Waals surface area contributed by atoms with Crippen molar-refractivity contribution in [3.63, 3.8) is 0 Å². The number of aldehydes is 1. The van der Waals surface area contributed by atoms with Gasteiger partial charge >= 0.3 is 64.3 Å². The Kier molecular flexibility index (Phi) is 22.4. The maximum Gasteiger partial charge on any atom is 1.00 e. The zero-order valence-electron chi connectivity index (χ0n) is 21.9. The molecule has 0 aliphatic carbocycles. The van der Waals surface area contributed by atoms with Gasteiger partial charge in [-0.1, -0.05) is 36.2 Å². The van der Waals surface area contributed by atoms with Crippen molar-refractivity contribution in [1.29, 1.82) is 0 Å². The predicted molar refractivity (Wildman–Crippen MR) is 133 cm³/mol. The van der Waals surface area contributed by atoms with E-state index in [1.807, 2.05) is 0 Å². The average molecular weight is 591 g/mol. The molecule has 0 spiro atoms. The summed E-state index contributed by atoms with van der Waals surface area (Å²) < 4.78 is 10.3. The van der Waals surface area contributed by atoms with Crippen LogP contribution in [0.3, 0.4) is 0 Å². The van der Waals surface area contributed by atoms with Crippen molar-refractivity contribution < 1.29 is 91.6 Å². The van der Waals surface area contributed by atoms with Crippen molar-refractivity contribution in [3.05, 3.63) is 40.7 Å². The number of rotatable bonds is 19. The molecule has 37 heavy (non-hydrogen) atoms. The maximum atomic E-state index is 11.9. The van der Waals surface area contributed by atoms with Crippen LogP contribution in [0.25, 0.3) is 5.32 Å². The fourth-order valence-corrected chi connectivity index (χ4v) is 2.93. The van der Waals surface area contributed by atoms with Gasteiger partial charge in [0.1, 0.15) is 6.29 Å². The summed E-state index contributed by atoms with van der Waals surface area (Å²) in [4.78, 5) is 56.6. The number of carbonyl (C=O) groups excluding carboxylic acids is 5. The van der Waals surface area contributed by atoms with E-state index in [-0.39, 0.29) is 122 Å². The smallest absolute Gasteiger partial charge is 0.648 e. The topological polar surface area (TPSA) is 154 Å². The third-order valence-corrected chi connectivity index (χ3v) is 4.94. The number of unbranched alkanes of at least 4 members (excludes halogenated alkanes) is 3. The molecule has 0 saturated heterocycles. The summed E-state index contributed by atoms with van der Waals surface area (Å²) in [6, 6.07) is 7.21. The van der Waals surface area contributed by atoms with Gasteiger partial charge in [-0.3, -0.25) is 9.59 Å². The fourth-order valence-electron chi connectivity index (χ4n) is 2.93. The molecule has 0 saturated carbocycles. The van der Waals surface area contributed by atoms with Crippen molar-refractivity contribution in [1.82, 2.24) is 16.0 Å². The Morgan fingerprint density at radius 1 is 0.892 bits per heavy atom. The normalized spacial score (nSPS) is 9.97. The number of amides is 4. The molecule has 1 rings (SSSR count). The van der Waals surface area contributed by atoms with Crippen LogP contribution in [0.4, 0.5) is 4.79 Å². The molecule has 0 unspecified atom stereocenters. The Morgan fingerprint density at radius 3 is 2.32 bits per heavy atom. The minimum atomic E-state index is -0.496. The van der Waals surface area contributed by atoms with Crippen LogP contribution in [0, 0.1) is 0 Å². The molecule has 3 N–H and O–H groups in total. The van der Waals surface area contributed by atoms with Gasteiger partial charge in [-0.25, -0.2) is 4.79 Å². The van der Waals surface area contributed by atoms with Gasteiger partial charge in [0.25, 0.3) is 0 Å². The molecule has 0 fully saturated rings. The van der Waals surface area contributed by atoms with E-state index in [1.165, 1.54) is 0 Å². The molecule has 0 aliphatic rings. The Bertz CT molecular complexity index is 822. The summed E-state index contributed by atoms with van der Waals surface area (Å²) >= 11 is 0. The quantitative estimate of drug-likeness (QED) is 0.135. The third kappa shape index (κ3) is 20.0. The monoisotopic (exact) mass is 590 g/mol. The van der Waals surface area contributed by atoms with Crippen molar-refractivity contribution in [2.75, 3.05) is 40.0 Å². The van der Waals surface area contributed by atoms with Crippen LogP contribution in [-0.2, 0) is 41.6 Å². The minimum Gasteiger partial charge on any atom is -0.648 e. The second-order valence-electron chi connectivity index (χ2n) is 7.96. The molecule has 1 aromatic rings. The number of alkyl carbamates (subject to hydrolysis) is 1. The zero-order chi connectivity index (χ0) is 26.4. The molecule has 0 radical (unpaired) electrons. The van der Waals surface area contributed by atoms with E-state index in [9.17, 15) is 24.0 Å². The number of carbonyl (C=O) groups is 5. The first-order chi connectivity index (χ1) is 17.4. The van der Waals surface area contributed by atoms with Crippen LogP contribution in [0.5, 0.6) is 0 Å². The Balaban J connectivity index is 0.0000130. The van der Waals surface area contributed by atoms with E-state index in [0.717, 1.165) is 36.7 Å². The Labute approximate surface area is 267 Å². The number of hydrogen-bond donors (Lipinski definition) is 3. The summed E-state index contributed by atoms with van der Waals surface area (Å²) in [5.41, 5.74) is 1.65. The molecule has 0 aliphatic heterocycles. The third-order valence-electron chi connectivity index (χ3n) is 4.94. The molecule has 0 heterocycles. The summed E-state index contributed by atoms with van der Waals surface area (Å²) in [6.07, 6.45) is 4.31. The largest absolute Gasteiger partial charge is 1.00 e. The first-order valence-electron chi connectivity index (χ1n) is 12.1. The standard InChI is InChI=1S/C25H38N4O7.Rb/c1-26-22(31)11-13-27-23(32)17-20-7-9-21(10-8-20)18-29-24(33)19-35-15-6-16-36-25(34)28-12-4-2-3-5-14-30;/h7-10,14H,2-6,11-13,15-19H2,1H3,(H4,26,27,28,29,31,32,33,34);/q;+1/p-1. The molecule has 0 bridgehead atoms. The van der Waals surface area contributed by atoms with Crippen LogP contribution >= 0.6 is 0 Å². The van der Waals surface area contributed by atoms with Crippen LogP contribution in [0.15, 0.2) is 24.3 Å². The first-order valence-corrected chi connectivity index (χ1v) is 12.1. The van der Waals surface area contributed by atoms with Gasteiger partial charge < -0.3 is 40.3 Å². The zero-order valence-corrected chi connectivity index (χ0v) is 26.8. The molecule has 0 aromatic heterocycles. The SMILES string of the molecule is CNC(=O)CCNC(=O)Cc1ccc(C[N-]C(=O)COCCCOC(=O)NCCCCCC=O)cc1.[Rb+]. The molecule has 200 valence electrons. The van der Waals surface area contributed by atoms with Gasteiger partial charge in [0.15, 0.2) is 0 Å². The predicted octanol–water partition coefficient (Wildman–Crippen LogP) is -1.22. The summed E-state index contributed by atoms with van der Waals surface area (Å²) in [7, 11) is 1.55. The van der Waals surface area contributed by atoms with Gasteiger partial charge in [0, 0.05) is 39.4 Å². The van der Waals surface area contributed by atoms with E-state index in [1.54, 1.807) is 31.3 Å². The van der Waals surface area contributed by atoms with Crippen LogP contribution in [0.2, 0.25) is 0 Å². The molecule has 4 amide bonds. The molecular formula is C25H37N4O7Rb. The molecule has 12 heteroatoms. The summed E-state index contributed by atoms with van der Waals surface area (Å²) in [6.45, 7) is 1.29. The van der Waals surface area contributed by atoms with E-state index in [2.05, 4.69) is 21.3 Å². The summed E-state index contributed by atoms with van der Waals surface area (Å²) in [5.74, 6) is -0.687. The first kappa shape index (κ1) is 35.3. The number of nitrogens with zero attached hydrogens (tertiary/aromatic N) is 1. The van der Waals surface area contributed by atoms with Crippen molar-refractivity contribution in [3.8, 4) is 0 Å². The van der Waals surface area contributed by atoms with Crippen molar-refractivity contribution in [2.45, 2.75) is 51.5 Å². The van der Waals surface area contributed by atoms with E-state index in [4.69, 9.17) is 9.47 Å². The molecule has 1 aromatic carbocycles. The average Bonchev–Trinajstić information content (AvgIpc) is 2.87. The second-order valence-corrected chi connectivity index (χ2v) is 7.96. The van der Waals surface area contributed by atoms with Crippen LogP contribution in [0.1, 0.15) is 49.7 Å². The molecule has 0 atom stereocenters. The molecule has 11 nitrogen and oxygen atoms in total. The number of ether oxygens (including phenoxy) is 2. The maximum absolute atomic E-state index is 11.9. The number of hydrogen-bond acceptors (Lipinski definition) is 7. The van der Waals surface area contributed by atoms with E-state index in [0.29, 0.717) is 19.4 Å². The minimum absolute atomic E-state index is 0.